The van der Waals surface area contributed by atoms with Crippen LogP contribution in [0.25, 0.3) is 22.4 Å². The Bertz CT molecular complexity index is 2850. The normalized spacial score (nSPS) is 15.6. The summed E-state index contributed by atoms with van der Waals surface area (Å²) in [6, 6.07) is 39.1. The van der Waals surface area contributed by atoms with Crippen LogP contribution in [0.1, 0.15) is 42.2 Å². The number of sulfonamides is 1. The molecule has 5 aromatic carbocycles. The molecule has 2 saturated heterocycles. The van der Waals surface area contributed by atoms with Gasteiger partial charge in [0.05, 0.1) is 33.1 Å². The summed E-state index contributed by atoms with van der Waals surface area (Å²) in [5, 5.41) is 14.9. The van der Waals surface area contributed by atoms with Crippen LogP contribution in [-0.4, -0.2) is 118 Å². The van der Waals surface area contributed by atoms with E-state index >= 15 is 0 Å². The first-order valence-corrected chi connectivity index (χ1v) is 26.3. The number of carbonyl (C=O) groups is 1. The number of aliphatic hydroxyl groups is 1. The maximum Gasteiger partial charge on any atom is 0.261 e. The Morgan fingerprint density at radius 2 is 1.52 bits per heavy atom. The predicted octanol–water partition coefficient (Wildman–Crippen LogP) is 10.3. The second-order valence-corrected chi connectivity index (χ2v) is 21.8. The van der Waals surface area contributed by atoms with Crippen molar-refractivity contribution in [1.82, 2.24) is 14.4 Å². The lowest BCUT2D eigenvalue weighted by Crippen LogP contribution is -2.46. The quantitative estimate of drug-likeness (QED) is 0.0605. The third-order valence-corrected chi connectivity index (χ3v) is 16.1. The van der Waals surface area contributed by atoms with Gasteiger partial charge in [0.1, 0.15) is 0 Å². The van der Waals surface area contributed by atoms with Crippen LogP contribution in [0.15, 0.2) is 136 Å². The van der Waals surface area contributed by atoms with Crippen LogP contribution in [0.5, 0.6) is 0 Å². The summed E-state index contributed by atoms with van der Waals surface area (Å²) in [4.78, 5) is 28.7. The molecule has 2 aliphatic heterocycles. The van der Waals surface area contributed by atoms with Gasteiger partial charge >= 0.3 is 0 Å². The summed E-state index contributed by atoms with van der Waals surface area (Å²) in [6.07, 6.45) is 1.96. The molecule has 3 heterocycles. The maximum atomic E-state index is 14.5. The van der Waals surface area contributed by atoms with E-state index in [2.05, 4.69) is 91.5 Å². The zero-order chi connectivity index (χ0) is 48.9. The Morgan fingerprint density at radius 1 is 0.855 bits per heavy atom. The number of hydrogen-bond donors (Lipinski definition) is 3. The molecule has 2 fully saturated rings. The van der Waals surface area contributed by atoms with Gasteiger partial charge in [-0.3, -0.25) is 14.5 Å². The molecule has 3 N–H and O–H groups in total. The topological polar surface area (TPSA) is 126 Å². The molecule has 0 saturated carbocycles. The van der Waals surface area contributed by atoms with Crippen LogP contribution in [0.4, 0.5) is 28.4 Å². The van der Waals surface area contributed by atoms with Gasteiger partial charge in [-0.15, -0.1) is 11.8 Å². The summed E-state index contributed by atoms with van der Waals surface area (Å²) in [7, 11) is 2.19. The van der Waals surface area contributed by atoms with Gasteiger partial charge in [0, 0.05) is 96.3 Å². The molecule has 69 heavy (non-hydrogen) atoms. The van der Waals surface area contributed by atoms with E-state index in [0.717, 1.165) is 90.0 Å². The fourth-order valence-corrected chi connectivity index (χ4v) is 11.3. The van der Waals surface area contributed by atoms with E-state index in [0.29, 0.717) is 47.9 Å². The Balaban J connectivity index is 0.936. The molecule has 0 unspecified atom stereocenters. The molecule has 1 aromatic heterocycles. The molecule has 0 spiro atoms. The van der Waals surface area contributed by atoms with E-state index in [1.54, 1.807) is 42.1 Å². The first-order chi connectivity index (χ1) is 33.1. The van der Waals surface area contributed by atoms with Gasteiger partial charge in [-0.05, 0) is 150 Å². The van der Waals surface area contributed by atoms with Crippen molar-refractivity contribution >= 4 is 74.4 Å². The third-order valence-electron chi connectivity index (χ3n) is 13.3. The van der Waals surface area contributed by atoms with Crippen LogP contribution in [0.2, 0.25) is 5.02 Å². The molecule has 6 aromatic rings. The minimum absolute atomic E-state index is 0.0259. The van der Waals surface area contributed by atoms with Crippen LogP contribution in [0, 0.1) is 6.92 Å². The number of benzene rings is 5. The lowest BCUT2D eigenvalue weighted by Gasteiger charge is -2.37. The van der Waals surface area contributed by atoms with E-state index < -0.39 is 15.6 Å². The highest BCUT2D eigenvalue weighted by molar-refractivity contribution is 7.99. The molecule has 0 aliphatic carbocycles. The first-order valence-electron chi connectivity index (χ1n) is 23.5. The van der Waals surface area contributed by atoms with Crippen molar-refractivity contribution in [2.45, 2.75) is 54.5 Å². The number of aliphatic imine (C=N–C) groups is 1. The smallest absolute Gasteiger partial charge is 0.261 e. The van der Waals surface area contributed by atoms with Gasteiger partial charge in [0.25, 0.3) is 15.9 Å². The van der Waals surface area contributed by atoms with E-state index in [-0.39, 0.29) is 16.8 Å². The number of rotatable bonds is 17. The van der Waals surface area contributed by atoms with Crippen LogP contribution >= 0.6 is 23.4 Å². The number of likely N-dealkylation sites (tertiary alicyclic amines) is 1. The van der Waals surface area contributed by atoms with Gasteiger partial charge < -0.3 is 34.6 Å². The van der Waals surface area contributed by atoms with E-state index in [9.17, 15) is 18.3 Å². The van der Waals surface area contributed by atoms with Crippen LogP contribution in [0.3, 0.4) is 0 Å². The van der Waals surface area contributed by atoms with Crippen molar-refractivity contribution < 1.29 is 18.3 Å². The summed E-state index contributed by atoms with van der Waals surface area (Å²) in [6.45, 7) is 12.5. The molecule has 1 atom stereocenters. The average molecular weight is 988 g/mol. The van der Waals surface area contributed by atoms with Crippen molar-refractivity contribution in [2.75, 3.05) is 85.5 Å². The molecule has 2 aliphatic rings. The number of aromatic nitrogens is 1. The number of hydrogen-bond acceptors (Lipinski definition) is 10. The number of nitrogens with one attached hydrogen (secondary N) is 2. The lowest BCUT2D eigenvalue weighted by molar-refractivity contribution is -0.00202. The highest BCUT2D eigenvalue weighted by Crippen LogP contribution is 2.42. The zero-order valence-electron chi connectivity index (χ0n) is 40.2. The fraction of sp³-hybridized carbons (Fsp3) is 0.333. The van der Waals surface area contributed by atoms with Crippen LogP contribution in [-0.2, 0) is 17.1 Å². The predicted molar refractivity (Wildman–Crippen MR) is 287 cm³/mol. The Morgan fingerprint density at radius 3 is 2.17 bits per heavy atom. The van der Waals surface area contributed by atoms with Gasteiger partial charge in [0.2, 0.25) is 0 Å². The first kappa shape index (κ1) is 49.6. The summed E-state index contributed by atoms with van der Waals surface area (Å²) < 4.78 is 32.3. The second kappa shape index (κ2) is 21.5. The standard InChI is InChI=1S/C54H63ClN8O4S2/c1-38-50(53(64)63-29-26-54(2,65)27-30-63)51(52(60(38)6)39-15-17-41(55)18-16-39)40-11-10-12-45(35-40)62-33-31-61(32-34-62)44-21-19-42(20-22-44)58-69(66,67)47-23-24-48(49(36-47)56-3)57-43(25-28-59(4)5)37-68-46-13-8-7-9-14-46/h7-24,35-36,43,57-58,65H,3,25-34,37H2,1-2,4-6H3/t43-/m1/s1. The minimum atomic E-state index is -3.93. The van der Waals surface area contributed by atoms with Crippen molar-refractivity contribution in [3.63, 3.8) is 0 Å². The number of anilines is 4. The van der Waals surface area contributed by atoms with Crippen molar-refractivity contribution in [1.29, 1.82) is 0 Å². The highest BCUT2D eigenvalue weighted by atomic mass is 35.5. The van der Waals surface area contributed by atoms with E-state index in [1.807, 2.05) is 80.4 Å². The minimum Gasteiger partial charge on any atom is -0.390 e. The maximum absolute atomic E-state index is 14.5. The van der Waals surface area contributed by atoms with Gasteiger partial charge in [-0.2, -0.15) is 0 Å². The average Bonchev–Trinajstić information content (AvgIpc) is 3.61. The summed E-state index contributed by atoms with van der Waals surface area (Å²) in [5.74, 6) is 0.802. The number of nitrogens with zero attached hydrogens (tertiary/aromatic N) is 6. The molecule has 0 bridgehead atoms. The number of piperazine rings is 1. The number of carbonyl (C=O) groups excluding carboxylic acids is 1. The third kappa shape index (κ3) is 11.8. The summed E-state index contributed by atoms with van der Waals surface area (Å²) >= 11 is 8.12. The SMILES string of the molecule is C=Nc1cc(S(=O)(=O)Nc2ccc(N3CCN(c4cccc(-c5c(C(=O)N6CCC(C)(O)CC6)c(C)n(C)c5-c5ccc(Cl)cc5)c4)CC3)cc2)ccc1N[C@H](CCN(C)C)CSc1ccccc1. The van der Waals surface area contributed by atoms with Gasteiger partial charge in [-0.25, -0.2) is 8.42 Å². The van der Waals surface area contributed by atoms with Crippen molar-refractivity contribution in [3.8, 4) is 22.4 Å². The molecule has 12 nitrogen and oxygen atoms in total. The number of thioether (sulfide) groups is 1. The molecule has 362 valence electrons. The number of piperidine rings is 1. The molecule has 1 amide bonds. The molecule has 8 rings (SSSR count). The Labute approximate surface area is 417 Å². The molecule has 15 heteroatoms. The van der Waals surface area contributed by atoms with E-state index in [4.69, 9.17) is 11.6 Å². The largest absolute Gasteiger partial charge is 0.390 e. The van der Waals surface area contributed by atoms with Gasteiger partial charge in [-0.1, -0.05) is 54.1 Å². The zero-order valence-corrected chi connectivity index (χ0v) is 42.5. The fourth-order valence-electron chi connectivity index (χ4n) is 9.15. The second-order valence-electron chi connectivity index (χ2n) is 18.6. The van der Waals surface area contributed by atoms with Crippen molar-refractivity contribution in [3.05, 3.63) is 138 Å². The Hall–Kier alpha value is -5.77. The van der Waals surface area contributed by atoms with E-state index in [1.165, 1.54) is 4.90 Å². The van der Waals surface area contributed by atoms with Gasteiger partial charge in [0.15, 0.2) is 0 Å². The molecule has 0 radical (unpaired) electrons. The lowest BCUT2D eigenvalue weighted by atomic mass is 9.92. The van der Waals surface area contributed by atoms with Crippen LogP contribution < -0.4 is 19.8 Å². The Kier molecular flexibility index (Phi) is 15.5. The monoisotopic (exact) mass is 986 g/mol. The molecular formula is C54H63ClN8O4S2. The summed E-state index contributed by atoms with van der Waals surface area (Å²) in [5.41, 5.74) is 8.28. The number of halogens is 1. The van der Waals surface area contributed by atoms with Crippen molar-refractivity contribution in [2.24, 2.45) is 12.0 Å². The number of amides is 1. The highest BCUT2D eigenvalue weighted by Gasteiger charge is 2.34. The molecular weight excluding hydrogens is 924 g/mol.